The zero-order valence-electron chi connectivity index (χ0n) is 29.6. The Kier molecular flexibility index (Phi) is 15.3. The summed E-state index contributed by atoms with van der Waals surface area (Å²) < 4.78 is 27.9. The van der Waals surface area contributed by atoms with Crippen LogP contribution in [0.25, 0.3) is 33.4 Å². The van der Waals surface area contributed by atoms with Gasteiger partial charge in [0.05, 0.1) is 31.0 Å². The normalized spacial score (nSPS) is 10.6. The lowest BCUT2D eigenvalue weighted by Gasteiger charge is -2.16. The maximum Gasteiger partial charge on any atom is 0.335 e. The predicted octanol–water partition coefficient (Wildman–Crippen LogP) is 7.67. The molecule has 0 aromatic heterocycles. The molecule has 0 saturated carbocycles. The molecule has 0 aliphatic rings. The number of allylic oxidation sites excluding steroid dienone is 1. The molecule has 0 heterocycles. The minimum absolute atomic E-state index is 0.00107. The van der Waals surface area contributed by atoms with Crippen LogP contribution in [-0.2, 0) is 19.1 Å². The average Bonchev–Trinajstić information content (AvgIpc) is 3.17. The van der Waals surface area contributed by atoms with Gasteiger partial charge in [0.1, 0.15) is 43.7 Å². The summed E-state index contributed by atoms with van der Waals surface area (Å²) in [5, 5.41) is 18.0. The van der Waals surface area contributed by atoms with Crippen LogP contribution < -0.4 is 14.2 Å². The van der Waals surface area contributed by atoms with E-state index in [1.165, 1.54) is 0 Å². The average molecular weight is 707 g/mol. The van der Waals surface area contributed by atoms with Crippen molar-refractivity contribution in [2.75, 3.05) is 46.2 Å². The summed E-state index contributed by atoms with van der Waals surface area (Å²) in [7, 11) is 0. The number of ether oxygens (including phenoxy) is 5. The van der Waals surface area contributed by atoms with E-state index in [0.717, 1.165) is 64.0 Å². The molecule has 0 bridgehead atoms. The van der Waals surface area contributed by atoms with Crippen molar-refractivity contribution in [1.29, 1.82) is 0 Å². The van der Waals surface area contributed by atoms with Gasteiger partial charge in [0.15, 0.2) is 0 Å². The lowest BCUT2D eigenvalue weighted by atomic mass is 9.95. The first kappa shape index (κ1) is 39.2. The summed E-state index contributed by atoms with van der Waals surface area (Å²) in [4.78, 5) is 23.3. The molecule has 0 fully saturated rings. The van der Waals surface area contributed by atoms with Gasteiger partial charge >= 0.3 is 11.9 Å². The van der Waals surface area contributed by atoms with Gasteiger partial charge in [-0.25, -0.2) is 9.59 Å². The maximum atomic E-state index is 11.7. The van der Waals surface area contributed by atoms with Crippen LogP contribution in [0.1, 0.15) is 24.8 Å². The zero-order valence-corrected chi connectivity index (χ0v) is 29.6. The topological polar surface area (TPSA) is 121 Å². The molecule has 272 valence electrons. The summed E-state index contributed by atoms with van der Waals surface area (Å²) in [5.41, 5.74) is 7.15. The molecule has 52 heavy (non-hydrogen) atoms. The van der Waals surface area contributed by atoms with Gasteiger partial charge in [0.25, 0.3) is 0 Å². The molecule has 0 aliphatic heterocycles. The van der Waals surface area contributed by atoms with Crippen molar-refractivity contribution in [2.24, 2.45) is 0 Å². The fraction of sp³-hybridized carbons (Fsp3) is 0.256. The molecular weight excluding hydrogens is 660 g/mol. The first-order valence-electron chi connectivity index (χ1n) is 17.1. The molecule has 9 heteroatoms. The number of rotatable bonds is 21. The molecule has 0 atom stereocenters. The second-order valence-electron chi connectivity index (χ2n) is 11.9. The van der Waals surface area contributed by atoms with Crippen LogP contribution >= 0.6 is 0 Å². The third-order valence-electron chi connectivity index (χ3n) is 8.06. The van der Waals surface area contributed by atoms with Crippen molar-refractivity contribution in [3.05, 3.63) is 127 Å². The van der Waals surface area contributed by atoms with Gasteiger partial charge in [-0.2, -0.15) is 0 Å². The second kappa shape index (κ2) is 20.3. The number of carbonyl (C=O) groups excluding carboxylic acids is 2. The first-order valence-corrected chi connectivity index (χ1v) is 17.1. The molecule has 0 spiro atoms. The van der Waals surface area contributed by atoms with Crippen molar-refractivity contribution < 1.29 is 43.5 Å². The number of aliphatic hydroxyl groups is 2. The van der Waals surface area contributed by atoms with Crippen LogP contribution in [0, 0.1) is 6.92 Å². The van der Waals surface area contributed by atoms with E-state index in [9.17, 15) is 9.59 Å². The molecule has 4 aromatic carbocycles. The van der Waals surface area contributed by atoms with Crippen molar-refractivity contribution in [2.45, 2.75) is 26.2 Å². The third kappa shape index (κ3) is 11.4. The number of aliphatic hydroxyl groups excluding tert-OH is 2. The molecule has 0 amide bonds. The van der Waals surface area contributed by atoms with E-state index in [0.29, 0.717) is 18.1 Å². The van der Waals surface area contributed by atoms with Gasteiger partial charge in [-0.15, -0.1) is 6.58 Å². The van der Waals surface area contributed by atoms with E-state index < -0.39 is 25.2 Å². The Balaban J connectivity index is 1.44. The standard InChI is InChI=1S/C43H46O9/c1-5-6-7-8-21-50-41-27-36(39-20-18-38(26-30(39)2)49-23-25-52-43(47)32(4)29-45)15-19-40(41)35-11-9-33(10-12-35)34-13-16-37(17-14-34)48-22-24-51-42(46)31(3)28-44/h5,9-20,26-27,44-45H,1,3-4,6-8,21-25,28-29H2,2H3. The third-order valence-corrected chi connectivity index (χ3v) is 8.06. The van der Waals surface area contributed by atoms with E-state index in [1.807, 2.05) is 55.5 Å². The Hall–Kier alpha value is -5.64. The molecule has 0 aliphatic carbocycles. The second-order valence-corrected chi connectivity index (χ2v) is 11.9. The number of esters is 2. The molecule has 0 saturated heterocycles. The van der Waals surface area contributed by atoms with Crippen LogP contribution in [-0.4, -0.2) is 68.4 Å². The Bertz CT molecular complexity index is 1820. The van der Waals surface area contributed by atoms with Crippen LogP contribution in [0.5, 0.6) is 17.2 Å². The smallest absolute Gasteiger partial charge is 0.335 e. The SMILES string of the molecule is C=CCCCCOc1cc(-c2ccc(OCCOC(=O)C(=C)CO)cc2C)ccc1-c1ccc(-c2ccc(OCCOC(=O)C(=C)CO)cc2)cc1. The number of benzene rings is 4. The predicted molar refractivity (Wildman–Crippen MR) is 202 cm³/mol. The summed E-state index contributed by atoms with van der Waals surface area (Å²) >= 11 is 0. The molecule has 0 radical (unpaired) electrons. The minimum atomic E-state index is -0.643. The highest BCUT2D eigenvalue weighted by molar-refractivity contribution is 5.88. The van der Waals surface area contributed by atoms with Crippen molar-refractivity contribution in [1.82, 2.24) is 0 Å². The number of aryl methyl sites for hydroxylation is 1. The van der Waals surface area contributed by atoms with Crippen molar-refractivity contribution in [3.63, 3.8) is 0 Å². The largest absolute Gasteiger partial charge is 0.493 e. The van der Waals surface area contributed by atoms with Gasteiger partial charge in [-0.05, 0) is 89.9 Å². The van der Waals surface area contributed by atoms with Crippen LogP contribution in [0.2, 0.25) is 0 Å². The fourth-order valence-electron chi connectivity index (χ4n) is 5.18. The zero-order chi connectivity index (χ0) is 37.3. The monoisotopic (exact) mass is 706 g/mol. The van der Waals surface area contributed by atoms with Crippen LogP contribution in [0.15, 0.2) is 122 Å². The fourth-order valence-corrected chi connectivity index (χ4v) is 5.18. The summed E-state index contributed by atoms with van der Waals surface area (Å²) in [6.45, 7) is 12.9. The van der Waals surface area contributed by atoms with Gasteiger partial charge in [-0.1, -0.05) is 73.8 Å². The van der Waals surface area contributed by atoms with E-state index in [-0.39, 0.29) is 37.6 Å². The number of carbonyl (C=O) groups is 2. The van der Waals surface area contributed by atoms with E-state index in [2.05, 4.69) is 62.2 Å². The highest BCUT2D eigenvalue weighted by Crippen LogP contribution is 2.37. The molecule has 2 N–H and O–H groups in total. The number of hydrogen-bond acceptors (Lipinski definition) is 9. The molecule has 4 rings (SSSR count). The highest BCUT2D eigenvalue weighted by atomic mass is 16.6. The minimum Gasteiger partial charge on any atom is -0.493 e. The Morgan fingerprint density at radius 3 is 1.69 bits per heavy atom. The van der Waals surface area contributed by atoms with Crippen LogP contribution in [0.4, 0.5) is 0 Å². The molecular formula is C43H46O9. The van der Waals surface area contributed by atoms with Gasteiger partial charge in [0.2, 0.25) is 0 Å². The quantitative estimate of drug-likeness (QED) is 0.0389. The van der Waals surface area contributed by atoms with E-state index in [4.69, 9.17) is 33.9 Å². The van der Waals surface area contributed by atoms with Crippen LogP contribution in [0.3, 0.4) is 0 Å². The maximum absolute atomic E-state index is 11.7. The van der Waals surface area contributed by atoms with E-state index in [1.54, 1.807) is 0 Å². The Morgan fingerprint density at radius 1 is 0.596 bits per heavy atom. The Morgan fingerprint density at radius 2 is 1.12 bits per heavy atom. The van der Waals surface area contributed by atoms with Gasteiger partial charge < -0.3 is 33.9 Å². The van der Waals surface area contributed by atoms with Crippen molar-refractivity contribution >= 4 is 11.9 Å². The summed E-state index contributed by atoms with van der Waals surface area (Å²) in [6.07, 6.45) is 4.77. The van der Waals surface area contributed by atoms with Gasteiger partial charge in [-0.3, -0.25) is 0 Å². The van der Waals surface area contributed by atoms with E-state index >= 15 is 0 Å². The molecule has 9 nitrogen and oxygen atoms in total. The number of unbranched alkanes of at least 4 members (excludes halogenated alkanes) is 2. The van der Waals surface area contributed by atoms with Gasteiger partial charge in [0, 0.05) is 5.56 Å². The lowest BCUT2D eigenvalue weighted by molar-refractivity contribution is -0.141. The highest BCUT2D eigenvalue weighted by Gasteiger charge is 2.13. The number of hydrogen-bond donors (Lipinski definition) is 2. The molecule has 0 unspecified atom stereocenters. The first-order chi connectivity index (χ1) is 25.2. The molecule has 4 aromatic rings. The lowest BCUT2D eigenvalue weighted by Crippen LogP contribution is -2.15. The Labute approximate surface area is 305 Å². The van der Waals surface area contributed by atoms with Crippen molar-refractivity contribution in [3.8, 4) is 50.6 Å². The summed E-state index contributed by atoms with van der Waals surface area (Å²) in [5.74, 6) is 0.812. The summed E-state index contributed by atoms with van der Waals surface area (Å²) in [6, 6.07) is 28.1.